The number of rotatable bonds is 6. The van der Waals surface area contributed by atoms with E-state index in [2.05, 4.69) is 9.97 Å². The van der Waals surface area contributed by atoms with E-state index >= 15 is 0 Å². The lowest BCUT2D eigenvalue weighted by atomic mass is 10.0. The Hall–Kier alpha value is -3.17. The van der Waals surface area contributed by atoms with Gasteiger partial charge in [0.05, 0.1) is 36.3 Å². The van der Waals surface area contributed by atoms with Crippen LogP contribution in [0, 0.1) is 26.6 Å². The maximum absolute atomic E-state index is 14.5. The van der Waals surface area contributed by atoms with Gasteiger partial charge in [-0.2, -0.15) is 0 Å². The number of aromatic nitrogens is 2. The van der Waals surface area contributed by atoms with Crippen molar-refractivity contribution in [2.24, 2.45) is 0 Å². The number of nitrogens with zero attached hydrogens (tertiary/aromatic N) is 3. The first-order valence-corrected chi connectivity index (χ1v) is 11.8. The van der Waals surface area contributed by atoms with Crippen molar-refractivity contribution in [3.05, 3.63) is 74.9 Å². The summed E-state index contributed by atoms with van der Waals surface area (Å²) in [6, 6.07) is 7.20. The van der Waals surface area contributed by atoms with Gasteiger partial charge in [-0.3, -0.25) is 19.7 Å². The number of hydrogen-bond acceptors (Lipinski definition) is 8. The van der Waals surface area contributed by atoms with Crippen molar-refractivity contribution in [1.29, 1.82) is 0 Å². The summed E-state index contributed by atoms with van der Waals surface area (Å²) in [5.41, 5.74) is 4.17. The van der Waals surface area contributed by atoms with Gasteiger partial charge in [0.15, 0.2) is 5.06 Å². The van der Waals surface area contributed by atoms with Crippen LogP contribution in [-0.2, 0) is 33.7 Å². The van der Waals surface area contributed by atoms with Gasteiger partial charge in [-0.15, -0.1) is 11.3 Å². The number of thiophene rings is 1. The van der Waals surface area contributed by atoms with Gasteiger partial charge in [-0.05, 0) is 44.9 Å². The van der Waals surface area contributed by atoms with E-state index in [-0.39, 0.29) is 12.0 Å². The van der Waals surface area contributed by atoms with Gasteiger partial charge in [0, 0.05) is 23.5 Å². The van der Waals surface area contributed by atoms with Crippen LogP contribution in [0.4, 0.5) is 4.39 Å². The molecule has 1 unspecified atom stereocenters. The van der Waals surface area contributed by atoms with Crippen molar-refractivity contribution in [1.82, 2.24) is 14.9 Å². The number of aryl methyl sites for hydroxylation is 3. The number of carbonyl (C=O) groups is 2. The molecule has 1 aromatic carbocycles. The quantitative estimate of drug-likeness (QED) is 0.490. The van der Waals surface area contributed by atoms with Crippen LogP contribution in [0.25, 0.3) is 0 Å². The Morgan fingerprint density at radius 1 is 1.15 bits per heavy atom. The number of methoxy groups -OCH3 is 1. The van der Waals surface area contributed by atoms with Crippen LogP contribution in [0.2, 0.25) is 0 Å². The molecule has 0 radical (unpaired) electrons. The third-order valence-electron chi connectivity index (χ3n) is 5.97. The molecule has 178 valence electrons. The molecule has 0 aliphatic carbocycles. The molecule has 0 saturated heterocycles. The lowest BCUT2D eigenvalue weighted by Gasteiger charge is -2.33. The van der Waals surface area contributed by atoms with Crippen molar-refractivity contribution in [3.63, 3.8) is 0 Å². The maximum atomic E-state index is 14.5. The molecule has 3 heterocycles. The van der Waals surface area contributed by atoms with Crippen molar-refractivity contribution >= 4 is 23.3 Å². The minimum absolute atomic E-state index is 0.0341. The molecule has 1 atom stereocenters. The number of ether oxygens (including phenoxy) is 2. The van der Waals surface area contributed by atoms with Crippen LogP contribution < -0.4 is 4.74 Å². The monoisotopic (exact) mass is 483 g/mol. The fraction of sp³-hybridized carbons (Fsp3) is 0.360. The summed E-state index contributed by atoms with van der Waals surface area (Å²) in [6.07, 6.45) is 0.688. The van der Waals surface area contributed by atoms with E-state index in [1.807, 2.05) is 31.7 Å². The zero-order chi connectivity index (χ0) is 24.4. The number of esters is 2. The molecule has 34 heavy (non-hydrogen) atoms. The molecule has 1 aliphatic rings. The average Bonchev–Trinajstić information content (AvgIpc) is 3.20. The van der Waals surface area contributed by atoms with Crippen molar-refractivity contribution < 1.29 is 23.5 Å². The van der Waals surface area contributed by atoms with Crippen LogP contribution in [-0.4, -0.2) is 40.5 Å². The van der Waals surface area contributed by atoms with Crippen LogP contribution in [0.1, 0.15) is 44.8 Å². The highest BCUT2D eigenvalue weighted by Crippen LogP contribution is 2.37. The molecular formula is C25H26FN3O4S. The van der Waals surface area contributed by atoms with E-state index in [0.717, 1.165) is 21.8 Å². The minimum Gasteiger partial charge on any atom is -0.468 e. The molecule has 2 aromatic heterocycles. The van der Waals surface area contributed by atoms with Crippen LogP contribution in [0.15, 0.2) is 30.3 Å². The minimum atomic E-state index is -0.850. The molecule has 1 aliphatic heterocycles. The Kier molecular flexibility index (Phi) is 7.04. The number of fused-ring (bicyclic) bond motifs is 1. The third-order valence-corrected chi connectivity index (χ3v) is 7.08. The molecule has 0 fully saturated rings. The van der Waals surface area contributed by atoms with Gasteiger partial charge in [0.25, 0.3) is 0 Å². The summed E-state index contributed by atoms with van der Waals surface area (Å²) in [6.45, 7) is 6.53. The average molecular weight is 484 g/mol. The van der Waals surface area contributed by atoms with E-state index in [0.29, 0.717) is 36.0 Å². The Bertz CT molecular complexity index is 1240. The van der Waals surface area contributed by atoms with E-state index < -0.39 is 23.8 Å². The Labute approximate surface area is 201 Å². The lowest BCUT2D eigenvalue weighted by molar-refractivity contribution is -0.148. The SMILES string of the molecule is COC(=O)C(c1ccccc1F)N1CCc2sc(OC(=O)Cc3nc(C)c(C)nc3C)cc2C1. The van der Waals surface area contributed by atoms with Crippen LogP contribution in [0.5, 0.6) is 5.06 Å². The van der Waals surface area contributed by atoms with E-state index in [9.17, 15) is 14.0 Å². The van der Waals surface area contributed by atoms with Gasteiger partial charge < -0.3 is 9.47 Å². The zero-order valence-corrected chi connectivity index (χ0v) is 20.4. The predicted molar refractivity (Wildman–Crippen MR) is 125 cm³/mol. The first kappa shape index (κ1) is 24.0. The molecule has 0 amide bonds. The number of carbonyl (C=O) groups excluding carboxylic acids is 2. The fourth-order valence-corrected chi connectivity index (χ4v) is 5.12. The van der Waals surface area contributed by atoms with Gasteiger partial charge in [0.2, 0.25) is 0 Å². The zero-order valence-electron chi connectivity index (χ0n) is 19.6. The van der Waals surface area contributed by atoms with Crippen LogP contribution in [0.3, 0.4) is 0 Å². The molecule has 9 heteroatoms. The summed E-state index contributed by atoms with van der Waals surface area (Å²) in [5, 5.41) is 0.492. The molecule has 3 aromatic rings. The first-order chi connectivity index (χ1) is 16.3. The summed E-state index contributed by atoms with van der Waals surface area (Å²) in [5.74, 6) is -1.37. The highest BCUT2D eigenvalue weighted by Gasteiger charge is 2.34. The van der Waals surface area contributed by atoms with Crippen LogP contribution >= 0.6 is 11.3 Å². The summed E-state index contributed by atoms with van der Waals surface area (Å²) in [7, 11) is 1.30. The topological polar surface area (TPSA) is 81.6 Å². The van der Waals surface area contributed by atoms with Crippen molar-refractivity contribution in [2.75, 3.05) is 13.7 Å². The highest BCUT2D eigenvalue weighted by molar-refractivity contribution is 7.14. The second-order valence-corrected chi connectivity index (χ2v) is 9.36. The lowest BCUT2D eigenvalue weighted by Crippen LogP contribution is -2.38. The maximum Gasteiger partial charge on any atom is 0.327 e. The Morgan fingerprint density at radius 2 is 1.88 bits per heavy atom. The Balaban J connectivity index is 1.49. The van der Waals surface area contributed by atoms with Gasteiger partial charge >= 0.3 is 11.9 Å². The number of hydrogen-bond donors (Lipinski definition) is 0. The second-order valence-electron chi connectivity index (χ2n) is 8.26. The predicted octanol–water partition coefficient (Wildman–Crippen LogP) is 4.02. The summed E-state index contributed by atoms with van der Waals surface area (Å²) < 4.78 is 25.1. The van der Waals surface area contributed by atoms with Gasteiger partial charge in [-0.25, -0.2) is 9.18 Å². The number of halogens is 1. The summed E-state index contributed by atoms with van der Waals surface area (Å²) in [4.78, 5) is 37.0. The second kappa shape index (κ2) is 9.99. The Morgan fingerprint density at radius 3 is 2.62 bits per heavy atom. The molecule has 4 rings (SSSR count). The van der Waals surface area contributed by atoms with Gasteiger partial charge in [0.1, 0.15) is 11.9 Å². The van der Waals surface area contributed by atoms with E-state index in [1.54, 1.807) is 18.2 Å². The standard InChI is InChI=1S/C25H26FN3O4S/c1-14-15(2)28-20(16(3)27-14)12-22(30)33-23-11-17-13-29(10-9-21(17)34-23)24(25(31)32-4)18-7-5-6-8-19(18)26/h5-8,11,24H,9-10,12-13H2,1-4H3. The smallest absolute Gasteiger partial charge is 0.327 e. The van der Waals surface area contributed by atoms with Crippen molar-refractivity contribution in [3.8, 4) is 5.06 Å². The van der Waals surface area contributed by atoms with Crippen molar-refractivity contribution in [2.45, 2.75) is 46.2 Å². The summed E-state index contributed by atoms with van der Waals surface area (Å²) >= 11 is 1.41. The molecular weight excluding hydrogens is 457 g/mol. The molecule has 0 N–H and O–H groups in total. The molecule has 7 nitrogen and oxygen atoms in total. The third kappa shape index (κ3) is 5.00. The first-order valence-electron chi connectivity index (χ1n) is 11.0. The molecule has 0 spiro atoms. The molecule has 0 bridgehead atoms. The normalized spacial score (nSPS) is 14.4. The van der Waals surface area contributed by atoms with E-state index in [1.165, 1.54) is 24.5 Å². The highest BCUT2D eigenvalue weighted by atomic mass is 32.1. The largest absolute Gasteiger partial charge is 0.468 e. The van der Waals surface area contributed by atoms with E-state index in [4.69, 9.17) is 9.47 Å². The fourth-order valence-electron chi connectivity index (χ4n) is 4.09. The molecule has 0 saturated carbocycles. The van der Waals surface area contributed by atoms with Gasteiger partial charge in [-0.1, -0.05) is 18.2 Å². The number of benzene rings is 1.